The maximum atomic E-state index is 12.2. The van der Waals surface area contributed by atoms with E-state index in [1.807, 2.05) is 49.7 Å². The summed E-state index contributed by atoms with van der Waals surface area (Å²) in [5, 5.41) is 11.8. The van der Waals surface area contributed by atoms with Gasteiger partial charge in [-0.2, -0.15) is 0 Å². The van der Waals surface area contributed by atoms with Crippen LogP contribution in [0.5, 0.6) is 5.75 Å². The van der Waals surface area contributed by atoms with Crippen molar-refractivity contribution in [2.45, 2.75) is 19.9 Å². The zero-order chi connectivity index (χ0) is 19.6. The third-order valence-electron chi connectivity index (χ3n) is 4.01. The van der Waals surface area contributed by atoms with E-state index in [1.165, 1.54) is 6.08 Å². The molecule has 0 aliphatic heterocycles. The van der Waals surface area contributed by atoms with Crippen LogP contribution >= 0.6 is 12.2 Å². The standard InChI is InChI=1S/C21H24N2O3S/c1-15(2)19(22-20(24)13-8-16-6-4-3-5-7-16)14-26-18-11-9-17(10-12-18)21(27)23-25/h3-13,15,19,25H,14H2,1-2H3,(H,22,24)(H,23,27)/t19-/m1/s1. The molecule has 2 aromatic rings. The van der Waals surface area contributed by atoms with Crippen LogP contribution < -0.4 is 15.5 Å². The number of ether oxygens (including phenoxy) is 1. The molecule has 1 atom stereocenters. The largest absolute Gasteiger partial charge is 0.491 e. The molecule has 0 saturated heterocycles. The van der Waals surface area contributed by atoms with Crippen molar-refractivity contribution < 1.29 is 14.7 Å². The molecule has 2 aromatic carbocycles. The molecule has 0 heterocycles. The first-order valence-electron chi connectivity index (χ1n) is 8.70. The summed E-state index contributed by atoms with van der Waals surface area (Å²) in [5.41, 5.74) is 3.61. The van der Waals surface area contributed by atoms with Gasteiger partial charge in [-0.15, -0.1) is 0 Å². The van der Waals surface area contributed by atoms with Crippen molar-refractivity contribution in [1.29, 1.82) is 0 Å². The fourth-order valence-corrected chi connectivity index (χ4v) is 2.46. The highest BCUT2D eigenvalue weighted by molar-refractivity contribution is 7.80. The molecular formula is C21H24N2O3S. The van der Waals surface area contributed by atoms with Crippen LogP contribution in [0.15, 0.2) is 60.7 Å². The third kappa shape index (κ3) is 6.84. The van der Waals surface area contributed by atoms with Gasteiger partial charge >= 0.3 is 0 Å². The molecular weight excluding hydrogens is 360 g/mol. The topological polar surface area (TPSA) is 70.6 Å². The van der Waals surface area contributed by atoms with E-state index in [-0.39, 0.29) is 22.9 Å². The predicted octanol–water partition coefficient (Wildman–Crippen LogP) is 3.57. The highest BCUT2D eigenvalue weighted by atomic mass is 32.1. The minimum atomic E-state index is -0.157. The molecule has 0 bridgehead atoms. The summed E-state index contributed by atoms with van der Waals surface area (Å²) in [5.74, 6) is 0.722. The highest BCUT2D eigenvalue weighted by Gasteiger charge is 2.16. The average molecular weight is 385 g/mol. The van der Waals surface area contributed by atoms with Gasteiger partial charge in [0.25, 0.3) is 0 Å². The Hall–Kier alpha value is -2.70. The number of thiocarbonyl (C=S) groups is 1. The summed E-state index contributed by atoms with van der Waals surface area (Å²) in [7, 11) is 0. The van der Waals surface area contributed by atoms with E-state index in [0.717, 1.165) is 5.56 Å². The molecule has 2 rings (SSSR count). The normalized spacial score (nSPS) is 12.0. The van der Waals surface area contributed by atoms with Crippen LogP contribution in [-0.2, 0) is 4.79 Å². The second kappa shape index (κ2) is 10.4. The lowest BCUT2D eigenvalue weighted by atomic mass is 10.1. The second-order valence-electron chi connectivity index (χ2n) is 6.38. The van der Waals surface area contributed by atoms with Crippen molar-refractivity contribution >= 4 is 29.2 Å². The molecule has 0 radical (unpaired) electrons. The summed E-state index contributed by atoms with van der Waals surface area (Å²) in [4.78, 5) is 12.4. The number of nitrogens with one attached hydrogen (secondary N) is 2. The first-order chi connectivity index (χ1) is 13.0. The van der Waals surface area contributed by atoms with Gasteiger partial charge in [0, 0.05) is 11.6 Å². The molecule has 6 heteroatoms. The zero-order valence-electron chi connectivity index (χ0n) is 15.4. The molecule has 0 aromatic heterocycles. The highest BCUT2D eigenvalue weighted by Crippen LogP contribution is 2.14. The van der Waals surface area contributed by atoms with Crippen LogP contribution in [0.4, 0.5) is 0 Å². The first-order valence-corrected chi connectivity index (χ1v) is 9.11. The molecule has 27 heavy (non-hydrogen) atoms. The number of amides is 1. The number of hydrogen-bond acceptors (Lipinski definition) is 4. The Kier molecular flexibility index (Phi) is 7.98. The van der Waals surface area contributed by atoms with E-state index in [2.05, 4.69) is 5.32 Å². The molecule has 0 spiro atoms. The van der Waals surface area contributed by atoms with Crippen molar-refractivity contribution in [2.24, 2.45) is 5.92 Å². The molecule has 3 N–H and O–H groups in total. The lowest BCUT2D eigenvalue weighted by molar-refractivity contribution is -0.117. The molecule has 0 saturated carbocycles. The quantitative estimate of drug-likeness (QED) is 0.369. The van der Waals surface area contributed by atoms with Crippen molar-refractivity contribution in [3.63, 3.8) is 0 Å². The third-order valence-corrected chi connectivity index (χ3v) is 4.33. The number of hydrogen-bond donors (Lipinski definition) is 3. The summed E-state index contributed by atoms with van der Waals surface area (Å²) in [6.45, 7) is 4.41. The molecule has 0 aliphatic rings. The average Bonchev–Trinajstić information content (AvgIpc) is 2.70. The smallest absolute Gasteiger partial charge is 0.244 e. The Morgan fingerprint density at radius 1 is 1.15 bits per heavy atom. The first kappa shape index (κ1) is 20.6. The lowest BCUT2D eigenvalue weighted by Gasteiger charge is -2.22. The predicted molar refractivity (Wildman–Crippen MR) is 111 cm³/mol. The maximum Gasteiger partial charge on any atom is 0.244 e. The summed E-state index contributed by atoms with van der Waals surface area (Å²) in [6, 6.07) is 16.6. The van der Waals surface area contributed by atoms with Gasteiger partial charge in [-0.25, -0.2) is 0 Å². The minimum absolute atomic E-state index is 0.127. The number of hydroxylamine groups is 1. The van der Waals surface area contributed by atoms with Crippen LogP contribution in [0.3, 0.4) is 0 Å². The van der Waals surface area contributed by atoms with Crippen molar-refractivity contribution in [2.75, 3.05) is 6.61 Å². The zero-order valence-corrected chi connectivity index (χ0v) is 16.2. The van der Waals surface area contributed by atoms with Gasteiger partial charge in [0.15, 0.2) is 0 Å². The van der Waals surface area contributed by atoms with E-state index in [0.29, 0.717) is 17.9 Å². The van der Waals surface area contributed by atoms with Crippen LogP contribution in [0.25, 0.3) is 6.08 Å². The van der Waals surface area contributed by atoms with E-state index in [1.54, 1.807) is 30.3 Å². The Bertz CT molecular complexity index is 774. The number of carbonyl (C=O) groups excluding carboxylic acids is 1. The number of benzene rings is 2. The van der Waals surface area contributed by atoms with E-state index in [9.17, 15) is 4.79 Å². The van der Waals surface area contributed by atoms with Crippen molar-refractivity contribution in [1.82, 2.24) is 10.8 Å². The summed E-state index contributed by atoms with van der Waals surface area (Å²) in [6.07, 6.45) is 3.31. The van der Waals surface area contributed by atoms with Crippen molar-refractivity contribution in [3.8, 4) is 5.75 Å². The fourth-order valence-electron chi connectivity index (χ4n) is 2.32. The molecule has 142 valence electrons. The van der Waals surface area contributed by atoms with E-state index >= 15 is 0 Å². The molecule has 1 amide bonds. The molecule has 0 aliphatic carbocycles. The lowest BCUT2D eigenvalue weighted by Crippen LogP contribution is -2.42. The summed E-state index contributed by atoms with van der Waals surface area (Å²) >= 11 is 4.96. The van der Waals surface area contributed by atoms with Crippen LogP contribution in [0.1, 0.15) is 25.0 Å². The van der Waals surface area contributed by atoms with Crippen LogP contribution in [0, 0.1) is 5.92 Å². The van der Waals surface area contributed by atoms with Gasteiger partial charge in [0.1, 0.15) is 17.3 Å². The van der Waals surface area contributed by atoms with Gasteiger partial charge in [0.2, 0.25) is 5.91 Å². The van der Waals surface area contributed by atoms with Gasteiger partial charge in [-0.05, 0) is 41.8 Å². The molecule has 5 nitrogen and oxygen atoms in total. The SMILES string of the molecule is CC(C)[C@@H](COc1ccc(C(=S)NO)cc1)NC(=O)C=Cc1ccccc1. The fraction of sp³-hybridized carbons (Fsp3) is 0.238. The maximum absolute atomic E-state index is 12.2. The molecule has 0 fully saturated rings. The van der Waals surface area contributed by atoms with Gasteiger partial charge in [-0.1, -0.05) is 56.4 Å². The van der Waals surface area contributed by atoms with Gasteiger partial charge in [0.05, 0.1) is 6.04 Å². The van der Waals surface area contributed by atoms with Gasteiger partial charge in [-0.3, -0.25) is 15.5 Å². The minimum Gasteiger partial charge on any atom is -0.491 e. The van der Waals surface area contributed by atoms with Crippen molar-refractivity contribution in [3.05, 3.63) is 71.8 Å². The second-order valence-corrected chi connectivity index (χ2v) is 6.79. The van der Waals surface area contributed by atoms with E-state index in [4.69, 9.17) is 22.2 Å². The Morgan fingerprint density at radius 2 is 1.81 bits per heavy atom. The Labute approximate surface area is 165 Å². The van der Waals surface area contributed by atoms with Gasteiger partial charge < -0.3 is 10.1 Å². The number of carbonyl (C=O) groups is 1. The van der Waals surface area contributed by atoms with Crippen LogP contribution in [0.2, 0.25) is 0 Å². The van der Waals surface area contributed by atoms with E-state index < -0.39 is 0 Å². The Morgan fingerprint density at radius 3 is 2.41 bits per heavy atom. The monoisotopic (exact) mass is 384 g/mol. The molecule has 0 unspecified atom stereocenters. The Balaban J connectivity index is 1.90. The number of rotatable bonds is 8. The summed E-state index contributed by atoms with van der Waals surface area (Å²) < 4.78 is 5.80. The van der Waals surface area contributed by atoms with Crippen LogP contribution in [-0.4, -0.2) is 28.8 Å².